The molecular formula is C14H22N2O2S2. The van der Waals surface area contributed by atoms with Crippen LogP contribution in [0.5, 0.6) is 0 Å². The van der Waals surface area contributed by atoms with Gasteiger partial charge in [0.05, 0.1) is 10.3 Å². The van der Waals surface area contributed by atoms with Gasteiger partial charge in [-0.25, -0.2) is 8.42 Å². The normalized spacial score (nSPS) is 21.3. The zero-order valence-corrected chi connectivity index (χ0v) is 13.8. The van der Waals surface area contributed by atoms with Gasteiger partial charge in [0.25, 0.3) is 0 Å². The number of sulfonamides is 1. The maximum absolute atomic E-state index is 12.6. The second-order valence-electron chi connectivity index (χ2n) is 5.95. The predicted octanol–water partition coefficient (Wildman–Crippen LogP) is 2.01. The summed E-state index contributed by atoms with van der Waals surface area (Å²) in [5.41, 5.74) is 6.80. The molecule has 4 nitrogen and oxygen atoms in total. The Morgan fingerprint density at radius 1 is 1.30 bits per heavy atom. The summed E-state index contributed by atoms with van der Waals surface area (Å²) < 4.78 is 26.8. The quantitative estimate of drug-likeness (QED) is 0.927. The second kappa shape index (κ2) is 5.67. The van der Waals surface area contributed by atoms with Crippen molar-refractivity contribution in [2.24, 2.45) is 5.73 Å². The Hall–Kier alpha value is -0.560. The molecule has 1 aromatic carbocycles. The Morgan fingerprint density at radius 3 is 2.40 bits per heavy atom. The van der Waals surface area contributed by atoms with Crippen LogP contribution < -0.4 is 5.73 Å². The Morgan fingerprint density at radius 2 is 1.90 bits per heavy atom. The van der Waals surface area contributed by atoms with Crippen LogP contribution in [0, 0.1) is 0 Å². The van der Waals surface area contributed by atoms with Crippen molar-refractivity contribution in [1.82, 2.24) is 4.31 Å². The zero-order valence-electron chi connectivity index (χ0n) is 12.2. The molecule has 0 saturated carbocycles. The summed E-state index contributed by atoms with van der Waals surface area (Å²) in [4.78, 5) is 0.353. The summed E-state index contributed by atoms with van der Waals surface area (Å²) in [6.45, 7) is 7.22. The van der Waals surface area contributed by atoms with Gasteiger partial charge < -0.3 is 5.73 Å². The Bertz CT molecular complexity index is 562. The minimum Gasteiger partial charge on any atom is -0.328 e. The fourth-order valence-corrected chi connectivity index (χ4v) is 5.33. The molecule has 0 aliphatic carbocycles. The SMILES string of the molecule is CC(C)(C)c1ccc(S(=O)(=O)N2CCSC2CN)cc1. The average molecular weight is 314 g/mol. The second-order valence-corrected chi connectivity index (χ2v) is 9.13. The molecule has 0 radical (unpaired) electrons. The Labute approximate surface area is 125 Å². The molecule has 1 unspecified atom stereocenters. The lowest BCUT2D eigenvalue weighted by molar-refractivity contribution is 0.430. The van der Waals surface area contributed by atoms with Crippen molar-refractivity contribution in [1.29, 1.82) is 0 Å². The van der Waals surface area contributed by atoms with Crippen LogP contribution in [0.1, 0.15) is 26.3 Å². The molecule has 1 saturated heterocycles. The molecule has 0 spiro atoms. The first-order valence-corrected chi connectivity index (χ1v) is 9.20. The highest BCUT2D eigenvalue weighted by molar-refractivity contribution is 8.01. The molecule has 1 aliphatic heterocycles. The molecule has 6 heteroatoms. The molecule has 1 atom stereocenters. The molecule has 2 N–H and O–H groups in total. The van der Waals surface area contributed by atoms with Crippen molar-refractivity contribution >= 4 is 21.8 Å². The third-order valence-corrected chi connectivity index (χ3v) is 6.78. The average Bonchev–Trinajstić information content (AvgIpc) is 2.87. The van der Waals surface area contributed by atoms with E-state index in [1.54, 1.807) is 23.9 Å². The molecule has 0 bridgehead atoms. The number of nitrogens with zero attached hydrogens (tertiary/aromatic N) is 1. The van der Waals surface area contributed by atoms with Gasteiger partial charge in [-0.3, -0.25) is 0 Å². The highest BCUT2D eigenvalue weighted by Crippen LogP contribution is 2.30. The van der Waals surface area contributed by atoms with Gasteiger partial charge >= 0.3 is 0 Å². The van der Waals surface area contributed by atoms with Gasteiger partial charge in [0.15, 0.2) is 0 Å². The fourth-order valence-electron chi connectivity index (χ4n) is 2.23. The molecule has 1 fully saturated rings. The number of nitrogens with two attached hydrogens (primary N) is 1. The van der Waals surface area contributed by atoms with E-state index in [4.69, 9.17) is 5.73 Å². The van der Waals surface area contributed by atoms with Crippen LogP contribution in [0.4, 0.5) is 0 Å². The maximum Gasteiger partial charge on any atom is 0.244 e. The standard InChI is InChI=1S/C14H22N2O2S2/c1-14(2,3)11-4-6-12(7-5-11)20(17,18)16-8-9-19-13(16)10-15/h4-7,13H,8-10,15H2,1-3H3. The minimum atomic E-state index is -3.43. The van der Waals surface area contributed by atoms with E-state index in [1.165, 1.54) is 4.31 Å². The molecule has 1 heterocycles. The summed E-state index contributed by atoms with van der Waals surface area (Å²) in [7, 11) is -3.43. The first-order valence-electron chi connectivity index (χ1n) is 6.71. The van der Waals surface area contributed by atoms with Crippen LogP contribution >= 0.6 is 11.8 Å². The first-order chi connectivity index (χ1) is 9.26. The van der Waals surface area contributed by atoms with Crippen molar-refractivity contribution < 1.29 is 8.42 Å². The smallest absolute Gasteiger partial charge is 0.244 e. The fraction of sp³-hybridized carbons (Fsp3) is 0.571. The van der Waals surface area contributed by atoms with Crippen LogP contribution in [-0.2, 0) is 15.4 Å². The molecule has 20 heavy (non-hydrogen) atoms. The zero-order chi connectivity index (χ0) is 15.0. The van der Waals surface area contributed by atoms with Gasteiger partial charge in [-0.2, -0.15) is 4.31 Å². The van der Waals surface area contributed by atoms with E-state index in [1.807, 2.05) is 12.1 Å². The van der Waals surface area contributed by atoms with Crippen molar-refractivity contribution in [3.63, 3.8) is 0 Å². The molecule has 1 aromatic rings. The van der Waals surface area contributed by atoms with Crippen LogP contribution in [0.3, 0.4) is 0 Å². The highest BCUT2D eigenvalue weighted by Gasteiger charge is 2.35. The van der Waals surface area contributed by atoms with Gasteiger partial charge in [-0.05, 0) is 23.1 Å². The Balaban J connectivity index is 2.31. The van der Waals surface area contributed by atoms with E-state index < -0.39 is 10.0 Å². The third-order valence-electron chi connectivity index (χ3n) is 3.47. The molecule has 0 amide bonds. The number of hydrogen-bond donors (Lipinski definition) is 1. The first kappa shape index (κ1) is 15.8. The lowest BCUT2D eigenvalue weighted by atomic mass is 9.87. The van der Waals surface area contributed by atoms with Crippen LogP contribution in [-0.4, -0.2) is 36.9 Å². The number of benzene rings is 1. The van der Waals surface area contributed by atoms with Gasteiger partial charge in [-0.1, -0.05) is 32.9 Å². The van der Waals surface area contributed by atoms with Crippen molar-refractivity contribution in [2.45, 2.75) is 36.5 Å². The van der Waals surface area contributed by atoms with Gasteiger partial charge in [0.1, 0.15) is 0 Å². The summed E-state index contributed by atoms with van der Waals surface area (Å²) >= 11 is 1.60. The number of rotatable bonds is 3. The van der Waals surface area contributed by atoms with Crippen molar-refractivity contribution in [3.05, 3.63) is 29.8 Å². The predicted molar refractivity (Wildman–Crippen MR) is 84.3 cm³/mol. The van der Waals surface area contributed by atoms with Crippen LogP contribution in [0.25, 0.3) is 0 Å². The van der Waals surface area contributed by atoms with Gasteiger partial charge in [-0.15, -0.1) is 11.8 Å². The Kier molecular flexibility index (Phi) is 4.49. The lowest BCUT2D eigenvalue weighted by Crippen LogP contribution is -2.38. The van der Waals surface area contributed by atoms with Crippen molar-refractivity contribution in [3.8, 4) is 0 Å². The lowest BCUT2D eigenvalue weighted by Gasteiger charge is -2.23. The van der Waals surface area contributed by atoms with E-state index in [2.05, 4.69) is 20.8 Å². The summed E-state index contributed by atoms with van der Waals surface area (Å²) in [5, 5.41) is -0.137. The third kappa shape index (κ3) is 3.03. The van der Waals surface area contributed by atoms with Crippen LogP contribution in [0.15, 0.2) is 29.2 Å². The topological polar surface area (TPSA) is 63.4 Å². The van der Waals surface area contributed by atoms with E-state index in [0.717, 1.165) is 11.3 Å². The summed E-state index contributed by atoms with van der Waals surface area (Å²) in [5.74, 6) is 0.807. The minimum absolute atomic E-state index is 0.0194. The summed E-state index contributed by atoms with van der Waals surface area (Å²) in [6.07, 6.45) is 0. The van der Waals surface area contributed by atoms with E-state index in [9.17, 15) is 8.42 Å². The largest absolute Gasteiger partial charge is 0.328 e. The molecule has 2 rings (SSSR count). The van der Waals surface area contributed by atoms with E-state index in [0.29, 0.717) is 18.0 Å². The number of thioether (sulfide) groups is 1. The highest BCUT2D eigenvalue weighted by atomic mass is 32.2. The monoisotopic (exact) mass is 314 g/mol. The molecule has 112 valence electrons. The van der Waals surface area contributed by atoms with E-state index in [-0.39, 0.29) is 10.8 Å². The summed E-state index contributed by atoms with van der Waals surface area (Å²) in [6, 6.07) is 7.19. The molecule has 0 aromatic heterocycles. The van der Waals surface area contributed by atoms with E-state index >= 15 is 0 Å². The van der Waals surface area contributed by atoms with Gasteiger partial charge in [0, 0.05) is 18.8 Å². The van der Waals surface area contributed by atoms with Crippen LogP contribution in [0.2, 0.25) is 0 Å². The molecule has 1 aliphatic rings. The molecular weight excluding hydrogens is 292 g/mol. The van der Waals surface area contributed by atoms with Gasteiger partial charge in [0.2, 0.25) is 10.0 Å². The van der Waals surface area contributed by atoms with Crippen molar-refractivity contribution in [2.75, 3.05) is 18.8 Å². The number of hydrogen-bond acceptors (Lipinski definition) is 4. The maximum atomic E-state index is 12.6.